The van der Waals surface area contributed by atoms with E-state index in [0.29, 0.717) is 0 Å². The van der Waals surface area contributed by atoms with Gasteiger partial charge in [-0.25, -0.2) is 8.42 Å². The predicted molar refractivity (Wildman–Crippen MR) is 75.5 cm³/mol. The molecule has 1 unspecified atom stereocenters. The smallest absolute Gasteiger partial charge is 0.310 e. The predicted octanol–water partition coefficient (Wildman–Crippen LogP) is 1.43. The molecular weight excluding hydrogens is 284 g/mol. The molecule has 20 heavy (non-hydrogen) atoms. The Hall–Kier alpha value is -1.67. The summed E-state index contributed by atoms with van der Waals surface area (Å²) in [4.78, 5) is 10.0. The van der Waals surface area contributed by atoms with E-state index in [2.05, 4.69) is 5.32 Å². The average Bonchev–Trinajstić information content (AvgIpc) is 2.33. The van der Waals surface area contributed by atoms with E-state index in [1.807, 2.05) is 13.8 Å². The fraction of sp³-hybridized carbons (Fsp3) is 0.500. The van der Waals surface area contributed by atoms with Crippen LogP contribution in [0.5, 0.6) is 0 Å². The van der Waals surface area contributed by atoms with Crippen LogP contribution in [-0.4, -0.2) is 37.4 Å². The van der Waals surface area contributed by atoms with Crippen LogP contribution in [0.1, 0.15) is 13.8 Å². The van der Waals surface area contributed by atoms with Gasteiger partial charge in [-0.1, -0.05) is 19.9 Å². The maximum Gasteiger partial charge on any atom is 0.310 e. The van der Waals surface area contributed by atoms with E-state index in [4.69, 9.17) is 0 Å². The molecule has 0 radical (unpaired) electrons. The lowest BCUT2D eigenvalue weighted by Crippen LogP contribution is -2.25. The van der Waals surface area contributed by atoms with Crippen LogP contribution < -0.4 is 5.32 Å². The summed E-state index contributed by atoms with van der Waals surface area (Å²) in [6.07, 6.45) is 0.235. The third kappa shape index (κ3) is 3.91. The highest BCUT2D eigenvalue weighted by Crippen LogP contribution is 2.31. The first-order chi connectivity index (χ1) is 9.14. The molecule has 0 amide bonds. The number of nitrogens with zero attached hydrogens (tertiary/aromatic N) is 1. The largest absolute Gasteiger partial charge is 0.391 e. The average molecular weight is 302 g/mol. The summed E-state index contributed by atoms with van der Waals surface area (Å²) >= 11 is 0. The molecular formula is C12H18N2O5S. The number of nitrogens with one attached hydrogen (secondary N) is 1. The molecule has 0 aliphatic heterocycles. The fourth-order valence-electron chi connectivity index (χ4n) is 1.60. The minimum Gasteiger partial charge on any atom is -0.391 e. The summed E-state index contributed by atoms with van der Waals surface area (Å²) in [5, 5.41) is 23.5. The van der Waals surface area contributed by atoms with Crippen molar-refractivity contribution in [3.8, 4) is 0 Å². The SMILES string of the molecule is CC(C)C(O)CNc1cccc(S(C)(=O)=O)c1[N+](=O)[O-]. The number of para-hydroxylation sites is 1. The number of sulfone groups is 1. The first-order valence-electron chi connectivity index (χ1n) is 6.04. The zero-order valence-corrected chi connectivity index (χ0v) is 12.3. The van der Waals surface area contributed by atoms with E-state index in [1.165, 1.54) is 18.2 Å². The Kier molecular flexibility index (Phi) is 5.07. The topological polar surface area (TPSA) is 110 Å². The van der Waals surface area contributed by atoms with Gasteiger partial charge in [0.2, 0.25) is 0 Å². The molecule has 0 saturated heterocycles. The molecule has 1 rings (SSSR count). The molecule has 0 fully saturated rings. The summed E-state index contributed by atoms with van der Waals surface area (Å²) in [7, 11) is -3.70. The molecule has 1 aromatic carbocycles. The van der Waals surface area contributed by atoms with E-state index in [9.17, 15) is 23.6 Å². The number of nitro benzene ring substituents is 1. The van der Waals surface area contributed by atoms with Crippen molar-refractivity contribution < 1.29 is 18.4 Å². The molecule has 0 heterocycles. The highest BCUT2D eigenvalue weighted by Gasteiger charge is 2.26. The van der Waals surface area contributed by atoms with Crippen molar-refractivity contribution in [1.29, 1.82) is 0 Å². The van der Waals surface area contributed by atoms with Crippen molar-refractivity contribution >= 4 is 21.2 Å². The highest BCUT2D eigenvalue weighted by atomic mass is 32.2. The van der Waals surface area contributed by atoms with Gasteiger partial charge in [0.15, 0.2) is 9.84 Å². The maximum atomic E-state index is 11.6. The highest BCUT2D eigenvalue weighted by molar-refractivity contribution is 7.90. The van der Waals surface area contributed by atoms with Crippen LogP contribution in [0.2, 0.25) is 0 Å². The van der Waals surface area contributed by atoms with Crippen molar-refractivity contribution in [3.63, 3.8) is 0 Å². The Balaban J connectivity index is 3.18. The molecule has 0 aliphatic carbocycles. The second kappa shape index (κ2) is 6.19. The van der Waals surface area contributed by atoms with Crippen LogP contribution in [0, 0.1) is 16.0 Å². The van der Waals surface area contributed by atoms with Crippen LogP contribution in [0.4, 0.5) is 11.4 Å². The van der Waals surface area contributed by atoms with Crippen molar-refractivity contribution in [2.75, 3.05) is 18.1 Å². The van der Waals surface area contributed by atoms with E-state index in [1.54, 1.807) is 0 Å². The van der Waals surface area contributed by atoms with Crippen molar-refractivity contribution in [1.82, 2.24) is 0 Å². The van der Waals surface area contributed by atoms with Gasteiger partial charge in [0, 0.05) is 12.8 Å². The Morgan fingerprint density at radius 1 is 1.40 bits per heavy atom. The molecule has 0 saturated carbocycles. The normalized spacial score (nSPS) is 13.2. The van der Waals surface area contributed by atoms with Gasteiger partial charge < -0.3 is 10.4 Å². The van der Waals surface area contributed by atoms with Crippen molar-refractivity contribution in [3.05, 3.63) is 28.3 Å². The number of anilines is 1. The van der Waals surface area contributed by atoms with Crippen LogP contribution >= 0.6 is 0 Å². The molecule has 112 valence electrons. The van der Waals surface area contributed by atoms with Crippen LogP contribution in [0.15, 0.2) is 23.1 Å². The lowest BCUT2D eigenvalue weighted by Gasteiger charge is -2.16. The fourth-order valence-corrected chi connectivity index (χ4v) is 2.46. The Labute approximate surface area is 117 Å². The zero-order chi connectivity index (χ0) is 15.5. The van der Waals surface area contributed by atoms with Gasteiger partial charge in [-0.3, -0.25) is 10.1 Å². The molecule has 0 bridgehead atoms. The lowest BCUT2D eigenvalue weighted by atomic mass is 10.1. The molecule has 7 nitrogen and oxygen atoms in total. The molecule has 1 aromatic rings. The number of rotatable bonds is 6. The van der Waals surface area contributed by atoms with Gasteiger partial charge in [0.05, 0.1) is 11.0 Å². The van der Waals surface area contributed by atoms with Gasteiger partial charge >= 0.3 is 5.69 Å². The van der Waals surface area contributed by atoms with E-state index < -0.39 is 26.6 Å². The standard InChI is InChI=1S/C12H18N2O5S/c1-8(2)10(15)7-13-9-5-4-6-11(20(3,18)19)12(9)14(16)17/h4-6,8,10,13,15H,7H2,1-3H3. The van der Waals surface area contributed by atoms with Crippen molar-refractivity contribution in [2.45, 2.75) is 24.8 Å². The number of hydrogen-bond acceptors (Lipinski definition) is 6. The first kappa shape index (κ1) is 16.4. The Morgan fingerprint density at radius 2 is 2.00 bits per heavy atom. The van der Waals surface area contributed by atoms with E-state index in [-0.39, 0.29) is 23.0 Å². The molecule has 0 aliphatic rings. The number of nitro groups is 1. The van der Waals surface area contributed by atoms with Gasteiger partial charge in [0.1, 0.15) is 10.6 Å². The van der Waals surface area contributed by atoms with Gasteiger partial charge in [-0.15, -0.1) is 0 Å². The number of benzene rings is 1. The van der Waals surface area contributed by atoms with Gasteiger partial charge in [-0.05, 0) is 18.1 Å². The second-order valence-electron chi connectivity index (χ2n) is 4.87. The zero-order valence-electron chi connectivity index (χ0n) is 11.5. The van der Waals surface area contributed by atoms with Crippen LogP contribution in [0.3, 0.4) is 0 Å². The summed E-state index contributed by atoms with van der Waals surface area (Å²) in [5.41, 5.74) is -0.413. The minimum absolute atomic E-state index is 0.0142. The number of aliphatic hydroxyl groups is 1. The lowest BCUT2D eigenvalue weighted by molar-refractivity contribution is -0.386. The van der Waals surface area contributed by atoms with E-state index in [0.717, 1.165) is 6.26 Å². The molecule has 1 atom stereocenters. The number of hydrogen-bond donors (Lipinski definition) is 2. The van der Waals surface area contributed by atoms with Crippen molar-refractivity contribution in [2.24, 2.45) is 5.92 Å². The molecule has 2 N–H and O–H groups in total. The van der Waals surface area contributed by atoms with Gasteiger partial charge in [0.25, 0.3) is 0 Å². The Morgan fingerprint density at radius 3 is 2.45 bits per heavy atom. The summed E-state index contributed by atoms with van der Waals surface area (Å²) in [5.74, 6) is -0.0142. The third-order valence-electron chi connectivity index (χ3n) is 2.85. The first-order valence-corrected chi connectivity index (χ1v) is 7.93. The molecule has 0 spiro atoms. The molecule has 8 heteroatoms. The number of aliphatic hydroxyl groups excluding tert-OH is 1. The second-order valence-corrected chi connectivity index (χ2v) is 6.86. The van der Waals surface area contributed by atoms with E-state index >= 15 is 0 Å². The van der Waals surface area contributed by atoms with Crippen LogP contribution in [0.25, 0.3) is 0 Å². The van der Waals surface area contributed by atoms with Gasteiger partial charge in [-0.2, -0.15) is 0 Å². The maximum absolute atomic E-state index is 11.6. The third-order valence-corrected chi connectivity index (χ3v) is 3.98. The summed E-state index contributed by atoms with van der Waals surface area (Å²) in [6.45, 7) is 3.73. The quantitative estimate of drug-likeness (QED) is 0.607. The Bertz CT molecular complexity index is 598. The molecule has 0 aromatic heterocycles. The summed E-state index contributed by atoms with van der Waals surface area (Å²) < 4.78 is 23.2. The summed E-state index contributed by atoms with van der Waals surface area (Å²) in [6, 6.07) is 4.03. The van der Waals surface area contributed by atoms with Crippen LogP contribution in [-0.2, 0) is 9.84 Å². The minimum atomic E-state index is -3.70. The monoisotopic (exact) mass is 302 g/mol.